The van der Waals surface area contributed by atoms with Gasteiger partial charge in [-0.3, -0.25) is 9.59 Å². The third-order valence-corrected chi connectivity index (χ3v) is 3.48. The Kier molecular flexibility index (Phi) is 5.28. The topological polar surface area (TPSA) is 124 Å². The number of carboxylic acids is 1. The molecule has 1 aliphatic rings. The zero-order valence-electron chi connectivity index (χ0n) is 11.2. The molecular weight excluding hydrogens is 252 g/mol. The highest BCUT2D eigenvalue weighted by molar-refractivity contribution is 5.82. The fourth-order valence-corrected chi connectivity index (χ4v) is 2.30. The van der Waals surface area contributed by atoms with Crippen molar-refractivity contribution < 1.29 is 24.9 Å². The van der Waals surface area contributed by atoms with E-state index >= 15 is 0 Å². The summed E-state index contributed by atoms with van der Waals surface area (Å²) in [5, 5.41) is 28.4. The molecule has 0 bridgehead atoms. The fraction of sp³-hybridized carbons (Fsp3) is 0.833. The van der Waals surface area contributed by atoms with Gasteiger partial charge in [0.05, 0.1) is 30.7 Å². The summed E-state index contributed by atoms with van der Waals surface area (Å²) < 4.78 is 0. The van der Waals surface area contributed by atoms with Crippen LogP contribution in [0.5, 0.6) is 0 Å². The normalized spacial score (nSPS) is 26.5. The molecule has 0 spiro atoms. The maximum atomic E-state index is 12.2. The highest BCUT2D eigenvalue weighted by Gasteiger charge is 2.42. The molecule has 0 radical (unpaired) electrons. The Morgan fingerprint density at radius 2 is 2.00 bits per heavy atom. The summed E-state index contributed by atoms with van der Waals surface area (Å²) in [6, 6.07) is -1.61. The molecule has 5 N–H and O–H groups in total. The molecule has 1 heterocycles. The third kappa shape index (κ3) is 3.65. The van der Waals surface area contributed by atoms with Crippen molar-refractivity contribution in [3.8, 4) is 0 Å². The van der Waals surface area contributed by atoms with E-state index in [4.69, 9.17) is 10.8 Å². The van der Waals surface area contributed by atoms with Crippen LogP contribution in [-0.4, -0.2) is 62.9 Å². The predicted molar refractivity (Wildman–Crippen MR) is 67.2 cm³/mol. The van der Waals surface area contributed by atoms with Crippen LogP contribution >= 0.6 is 0 Å². The molecule has 19 heavy (non-hydrogen) atoms. The SMILES string of the molecule is CC(C)[C@H](N)C(=O)N1CC[C@@H](O)[C@H]1[C@@H](O)CC(=O)O. The minimum atomic E-state index is -1.29. The maximum Gasteiger partial charge on any atom is 0.306 e. The number of carboxylic acid groups (broad SMARTS) is 1. The summed E-state index contributed by atoms with van der Waals surface area (Å²) in [7, 11) is 0. The molecule has 1 rings (SSSR count). The first-order valence-corrected chi connectivity index (χ1v) is 6.39. The number of carbonyl (C=O) groups is 2. The lowest BCUT2D eigenvalue weighted by molar-refractivity contribution is -0.145. The van der Waals surface area contributed by atoms with Gasteiger partial charge in [-0.05, 0) is 12.3 Å². The molecule has 110 valence electrons. The van der Waals surface area contributed by atoms with Crippen molar-refractivity contribution in [2.24, 2.45) is 11.7 Å². The number of aliphatic carboxylic acids is 1. The second kappa shape index (κ2) is 6.31. The second-order valence-corrected chi connectivity index (χ2v) is 5.31. The quantitative estimate of drug-likeness (QED) is 0.497. The van der Waals surface area contributed by atoms with E-state index in [1.165, 1.54) is 4.90 Å². The first-order valence-electron chi connectivity index (χ1n) is 6.39. The summed E-state index contributed by atoms with van der Waals surface area (Å²) in [6.45, 7) is 3.89. The summed E-state index contributed by atoms with van der Waals surface area (Å²) >= 11 is 0. The minimum Gasteiger partial charge on any atom is -0.481 e. The van der Waals surface area contributed by atoms with Gasteiger partial charge in [0.1, 0.15) is 0 Å². The van der Waals surface area contributed by atoms with Crippen LogP contribution in [0.25, 0.3) is 0 Å². The van der Waals surface area contributed by atoms with E-state index in [0.29, 0.717) is 6.42 Å². The van der Waals surface area contributed by atoms with Gasteiger partial charge in [0.25, 0.3) is 0 Å². The number of hydrogen-bond acceptors (Lipinski definition) is 5. The summed E-state index contributed by atoms with van der Waals surface area (Å²) in [5.74, 6) is -1.60. The molecule has 1 amide bonds. The van der Waals surface area contributed by atoms with Crippen molar-refractivity contribution in [2.75, 3.05) is 6.54 Å². The van der Waals surface area contributed by atoms with Gasteiger partial charge in [-0.1, -0.05) is 13.8 Å². The molecule has 0 aromatic heterocycles. The van der Waals surface area contributed by atoms with Gasteiger partial charge in [-0.25, -0.2) is 0 Å². The number of carbonyl (C=O) groups excluding carboxylic acids is 1. The molecule has 0 aromatic rings. The van der Waals surface area contributed by atoms with Gasteiger partial charge in [-0.15, -0.1) is 0 Å². The maximum absolute atomic E-state index is 12.2. The van der Waals surface area contributed by atoms with Gasteiger partial charge >= 0.3 is 5.97 Å². The van der Waals surface area contributed by atoms with Crippen molar-refractivity contribution in [1.29, 1.82) is 0 Å². The number of amides is 1. The van der Waals surface area contributed by atoms with Crippen LogP contribution in [0.15, 0.2) is 0 Å². The van der Waals surface area contributed by atoms with E-state index in [1.54, 1.807) is 13.8 Å². The first kappa shape index (κ1) is 15.9. The summed E-state index contributed by atoms with van der Waals surface area (Å²) in [5.41, 5.74) is 5.78. The smallest absolute Gasteiger partial charge is 0.306 e. The molecule has 1 aliphatic heterocycles. The monoisotopic (exact) mass is 274 g/mol. The first-order chi connectivity index (χ1) is 8.75. The predicted octanol–water partition coefficient (Wildman–Crippen LogP) is -1.23. The molecule has 0 unspecified atom stereocenters. The van der Waals surface area contributed by atoms with Crippen LogP contribution in [0.1, 0.15) is 26.7 Å². The van der Waals surface area contributed by atoms with Crippen molar-refractivity contribution in [3.05, 3.63) is 0 Å². The van der Waals surface area contributed by atoms with E-state index in [9.17, 15) is 19.8 Å². The molecule has 0 saturated carbocycles. The molecule has 0 aliphatic carbocycles. The Morgan fingerprint density at radius 3 is 2.47 bits per heavy atom. The minimum absolute atomic E-state index is 0.0671. The van der Waals surface area contributed by atoms with Gasteiger partial charge in [0.2, 0.25) is 5.91 Å². The highest BCUT2D eigenvalue weighted by Crippen LogP contribution is 2.24. The van der Waals surface area contributed by atoms with E-state index in [2.05, 4.69) is 0 Å². The standard InChI is InChI=1S/C12H22N2O5/c1-6(2)10(13)12(19)14-4-3-7(15)11(14)8(16)5-9(17)18/h6-8,10-11,15-16H,3-5,13H2,1-2H3,(H,17,18)/t7-,8+,10+,11+/m1/s1. The summed E-state index contributed by atoms with van der Waals surface area (Å²) in [4.78, 5) is 24.1. The van der Waals surface area contributed by atoms with Crippen LogP contribution in [-0.2, 0) is 9.59 Å². The van der Waals surface area contributed by atoms with Crippen LogP contribution in [0, 0.1) is 5.92 Å². The highest BCUT2D eigenvalue weighted by atomic mass is 16.4. The van der Waals surface area contributed by atoms with E-state index < -0.39 is 36.7 Å². The van der Waals surface area contributed by atoms with Gasteiger partial charge in [-0.2, -0.15) is 0 Å². The van der Waals surface area contributed by atoms with Crippen molar-refractivity contribution in [3.63, 3.8) is 0 Å². The molecule has 4 atom stereocenters. The van der Waals surface area contributed by atoms with Crippen molar-refractivity contribution in [2.45, 2.75) is 51.0 Å². The second-order valence-electron chi connectivity index (χ2n) is 5.31. The Morgan fingerprint density at radius 1 is 1.42 bits per heavy atom. The molecule has 7 nitrogen and oxygen atoms in total. The van der Waals surface area contributed by atoms with Gasteiger partial charge < -0.3 is 26.0 Å². The van der Waals surface area contributed by atoms with Crippen molar-refractivity contribution in [1.82, 2.24) is 4.90 Å². The average Bonchev–Trinajstić information content (AvgIpc) is 2.68. The number of aliphatic hydroxyl groups excluding tert-OH is 2. The lowest BCUT2D eigenvalue weighted by atomic mass is 10.00. The molecule has 1 fully saturated rings. The fourth-order valence-electron chi connectivity index (χ4n) is 2.30. The Balaban J connectivity index is 2.82. The van der Waals surface area contributed by atoms with Crippen LogP contribution in [0.4, 0.5) is 0 Å². The van der Waals surface area contributed by atoms with Crippen molar-refractivity contribution >= 4 is 11.9 Å². The number of rotatable bonds is 5. The third-order valence-electron chi connectivity index (χ3n) is 3.48. The Hall–Kier alpha value is -1.18. The Bertz CT molecular complexity index is 347. The summed E-state index contributed by atoms with van der Waals surface area (Å²) in [6.07, 6.45) is -2.41. The number of hydrogen-bond donors (Lipinski definition) is 4. The van der Waals surface area contributed by atoms with E-state index in [1.807, 2.05) is 0 Å². The number of nitrogens with zero attached hydrogens (tertiary/aromatic N) is 1. The lowest BCUT2D eigenvalue weighted by Crippen LogP contribution is -2.54. The van der Waals surface area contributed by atoms with E-state index in [-0.39, 0.29) is 18.4 Å². The van der Waals surface area contributed by atoms with Gasteiger partial charge in [0, 0.05) is 6.54 Å². The lowest BCUT2D eigenvalue weighted by Gasteiger charge is -2.32. The number of aliphatic hydroxyl groups is 2. The zero-order valence-corrected chi connectivity index (χ0v) is 11.2. The average molecular weight is 274 g/mol. The largest absolute Gasteiger partial charge is 0.481 e. The van der Waals surface area contributed by atoms with E-state index in [0.717, 1.165) is 0 Å². The molecule has 7 heteroatoms. The number of nitrogens with two attached hydrogens (primary N) is 1. The number of likely N-dealkylation sites (tertiary alicyclic amines) is 1. The Labute approximate surface area is 112 Å². The van der Waals surface area contributed by atoms with Gasteiger partial charge in [0.15, 0.2) is 0 Å². The van der Waals surface area contributed by atoms with Crippen LogP contribution in [0.3, 0.4) is 0 Å². The zero-order chi connectivity index (χ0) is 14.7. The van der Waals surface area contributed by atoms with Crippen LogP contribution in [0.2, 0.25) is 0 Å². The molecule has 1 saturated heterocycles. The molecular formula is C12H22N2O5. The molecule has 0 aromatic carbocycles. The van der Waals surface area contributed by atoms with Crippen LogP contribution < -0.4 is 5.73 Å².